The Bertz CT molecular complexity index is 574. The second-order valence-corrected chi connectivity index (χ2v) is 5.65. The first-order valence-corrected chi connectivity index (χ1v) is 7.37. The van der Waals surface area contributed by atoms with Gasteiger partial charge >= 0.3 is 0 Å². The molecular formula is C13H18N4OS. The maximum atomic E-state index is 10.2. The van der Waals surface area contributed by atoms with Gasteiger partial charge in [-0.1, -0.05) is 0 Å². The number of hydrogen-bond acceptors (Lipinski definition) is 6. The smallest absolute Gasteiger partial charge is 0.137 e. The third-order valence-electron chi connectivity index (χ3n) is 2.75. The molecule has 0 radical (unpaired) electrons. The maximum Gasteiger partial charge on any atom is 0.137 e. The van der Waals surface area contributed by atoms with Crippen LogP contribution in [0.1, 0.15) is 6.92 Å². The van der Waals surface area contributed by atoms with Crippen molar-refractivity contribution in [3.8, 4) is 0 Å². The third kappa shape index (κ3) is 3.48. The normalized spacial score (nSPS) is 14.3. The first kappa shape index (κ1) is 13.9. The van der Waals surface area contributed by atoms with Gasteiger partial charge in [0.15, 0.2) is 0 Å². The van der Waals surface area contributed by atoms with Gasteiger partial charge < -0.3 is 16.2 Å². The van der Waals surface area contributed by atoms with E-state index in [1.165, 1.54) is 6.33 Å². The number of fused-ring (bicyclic) bond motifs is 1. The summed E-state index contributed by atoms with van der Waals surface area (Å²) in [5, 5.41) is 14.2. The summed E-state index contributed by atoms with van der Waals surface area (Å²) >= 11 is 1.61. The lowest BCUT2D eigenvalue weighted by Crippen LogP contribution is -2.36. The van der Waals surface area contributed by atoms with E-state index in [1.807, 2.05) is 24.5 Å². The van der Waals surface area contributed by atoms with E-state index in [0.717, 1.165) is 10.9 Å². The van der Waals surface area contributed by atoms with Crippen LogP contribution in [0.15, 0.2) is 24.5 Å². The Kier molecular flexibility index (Phi) is 4.11. The first-order chi connectivity index (χ1) is 9.02. The Morgan fingerprint density at radius 1 is 1.42 bits per heavy atom. The number of nitrogens with zero attached hydrogens (tertiary/aromatic N) is 2. The third-order valence-corrected chi connectivity index (χ3v) is 3.66. The van der Waals surface area contributed by atoms with Crippen LogP contribution >= 0.6 is 11.8 Å². The molecular weight excluding hydrogens is 260 g/mol. The standard InChI is InChI=1S/C13H18N4OS/c1-13(18,7-19-2)6-15-12-10-5-9(14)3-4-11(10)16-8-17-12/h3-5,8,18H,6-7,14H2,1-2H3,(H,15,16,17). The predicted octanol–water partition coefficient (Wildman–Crippen LogP) is 1.74. The van der Waals surface area contributed by atoms with E-state index in [4.69, 9.17) is 5.73 Å². The van der Waals surface area contributed by atoms with E-state index in [-0.39, 0.29) is 0 Å². The molecule has 0 spiro atoms. The molecule has 2 aromatic rings. The number of nitrogen functional groups attached to an aromatic ring is 1. The van der Waals surface area contributed by atoms with Crippen LogP contribution in [-0.4, -0.2) is 39.2 Å². The highest BCUT2D eigenvalue weighted by molar-refractivity contribution is 7.98. The molecule has 0 saturated carbocycles. The van der Waals surface area contributed by atoms with Crippen molar-refractivity contribution < 1.29 is 5.11 Å². The van der Waals surface area contributed by atoms with Gasteiger partial charge in [-0.3, -0.25) is 0 Å². The van der Waals surface area contributed by atoms with E-state index in [1.54, 1.807) is 18.7 Å². The lowest BCUT2D eigenvalue weighted by atomic mass is 10.1. The molecule has 102 valence electrons. The SMILES string of the molecule is CSCC(C)(O)CNc1ncnc2ccc(N)cc12. The number of nitrogens with two attached hydrogens (primary N) is 1. The summed E-state index contributed by atoms with van der Waals surface area (Å²) in [4.78, 5) is 8.41. The van der Waals surface area contributed by atoms with Crippen LogP contribution in [0.3, 0.4) is 0 Å². The van der Waals surface area contributed by atoms with Crippen LogP contribution in [0.2, 0.25) is 0 Å². The summed E-state index contributed by atoms with van der Waals surface area (Å²) in [7, 11) is 0. The molecule has 0 aliphatic heterocycles. The van der Waals surface area contributed by atoms with Crippen molar-refractivity contribution in [2.24, 2.45) is 0 Å². The van der Waals surface area contributed by atoms with Gasteiger partial charge in [0.05, 0.1) is 11.1 Å². The Balaban J connectivity index is 2.23. The van der Waals surface area contributed by atoms with Crippen LogP contribution in [0.25, 0.3) is 10.9 Å². The van der Waals surface area contributed by atoms with Gasteiger partial charge in [-0.25, -0.2) is 9.97 Å². The van der Waals surface area contributed by atoms with Gasteiger partial charge in [0.2, 0.25) is 0 Å². The molecule has 19 heavy (non-hydrogen) atoms. The number of anilines is 2. The summed E-state index contributed by atoms with van der Waals surface area (Å²) in [6.07, 6.45) is 3.47. The lowest BCUT2D eigenvalue weighted by molar-refractivity contribution is 0.0996. The molecule has 1 unspecified atom stereocenters. The molecule has 0 bridgehead atoms. The van der Waals surface area contributed by atoms with Gasteiger partial charge in [-0.2, -0.15) is 11.8 Å². The zero-order valence-electron chi connectivity index (χ0n) is 11.1. The molecule has 0 aliphatic carbocycles. The van der Waals surface area contributed by atoms with Crippen molar-refractivity contribution in [3.63, 3.8) is 0 Å². The van der Waals surface area contributed by atoms with Gasteiger partial charge in [-0.15, -0.1) is 0 Å². The van der Waals surface area contributed by atoms with E-state index in [2.05, 4.69) is 15.3 Å². The van der Waals surface area contributed by atoms with Crippen LogP contribution in [-0.2, 0) is 0 Å². The molecule has 6 heteroatoms. The number of thioether (sulfide) groups is 1. The monoisotopic (exact) mass is 278 g/mol. The number of hydrogen-bond donors (Lipinski definition) is 3. The Hall–Kier alpha value is -1.53. The number of benzene rings is 1. The number of nitrogens with one attached hydrogen (secondary N) is 1. The van der Waals surface area contributed by atoms with Crippen LogP contribution in [0, 0.1) is 0 Å². The van der Waals surface area contributed by atoms with Crippen molar-refractivity contribution in [3.05, 3.63) is 24.5 Å². The summed E-state index contributed by atoms with van der Waals surface area (Å²) in [6.45, 7) is 2.23. The highest BCUT2D eigenvalue weighted by Gasteiger charge is 2.19. The summed E-state index contributed by atoms with van der Waals surface area (Å²) in [5.74, 6) is 1.35. The molecule has 0 fully saturated rings. The fraction of sp³-hybridized carbons (Fsp3) is 0.385. The summed E-state index contributed by atoms with van der Waals surface area (Å²) < 4.78 is 0. The predicted molar refractivity (Wildman–Crippen MR) is 81.4 cm³/mol. The van der Waals surface area contributed by atoms with E-state index in [0.29, 0.717) is 23.8 Å². The highest BCUT2D eigenvalue weighted by atomic mass is 32.2. The highest BCUT2D eigenvalue weighted by Crippen LogP contribution is 2.22. The van der Waals surface area contributed by atoms with Crippen molar-refractivity contribution in [1.82, 2.24) is 9.97 Å². The quantitative estimate of drug-likeness (QED) is 0.722. The minimum absolute atomic E-state index is 0.425. The van der Waals surface area contributed by atoms with E-state index in [9.17, 15) is 5.11 Å². The molecule has 0 saturated heterocycles. The second kappa shape index (κ2) is 5.63. The first-order valence-electron chi connectivity index (χ1n) is 5.97. The topological polar surface area (TPSA) is 84.1 Å². The van der Waals surface area contributed by atoms with Crippen LogP contribution in [0.4, 0.5) is 11.5 Å². The zero-order chi connectivity index (χ0) is 13.9. The van der Waals surface area contributed by atoms with Crippen LogP contribution in [0.5, 0.6) is 0 Å². The molecule has 1 atom stereocenters. The van der Waals surface area contributed by atoms with Gasteiger partial charge in [0.25, 0.3) is 0 Å². The Morgan fingerprint density at radius 2 is 2.21 bits per heavy atom. The molecule has 0 amide bonds. The summed E-state index contributed by atoms with van der Waals surface area (Å²) in [5.41, 5.74) is 6.50. The van der Waals surface area contributed by atoms with E-state index < -0.39 is 5.60 Å². The van der Waals surface area contributed by atoms with Crippen LogP contribution < -0.4 is 11.1 Å². The minimum atomic E-state index is -0.781. The molecule has 0 aliphatic rings. The molecule has 1 aromatic carbocycles. The molecule has 1 heterocycles. The van der Waals surface area contributed by atoms with Crippen molar-refractivity contribution in [2.75, 3.05) is 29.6 Å². The zero-order valence-corrected chi connectivity index (χ0v) is 11.9. The molecule has 2 rings (SSSR count). The second-order valence-electron chi connectivity index (χ2n) is 4.78. The lowest BCUT2D eigenvalue weighted by Gasteiger charge is -2.23. The molecule has 4 N–H and O–H groups in total. The fourth-order valence-electron chi connectivity index (χ4n) is 1.85. The maximum absolute atomic E-state index is 10.2. The van der Waals surface area contributed by atoms with Crippen molar-refractivity contribution >= 4 is 34.2 Å². The van der Waals surface area contributed by atoms with Gasteiger partial charge in [0, 0.05) is 23.4 Å². The largest absolute Gasteiger partial charge is 0.399 e. The van der Waals surface area contributed by atoms with Gasteiger partial charge in [-0.05, 0) is 31.4 Å². The number of aliphatic hydroxyl groups is 1. The summed E-state index contributed by atoms with van der Waals surface area (Å²) in [6, 6.07) is 5.50. The molecule has 5 nitrogen and oxygen atoms in total. The molecule has 1 aromatic heterocycles. The number of rotatable bonds is 5. The average molecular weight is 278 g/mol. The minimum Gasteiger partial charge on any atom is -0.399 e. The van der Waals surface area contributed by atoms with Crippen molar-refractivity contribution in [1.29, 1.82) is 0 Å². The number of aromatic nitrogens is 2. The Labute approximate surface area is 116 Å². The fourth-order valence-corrected chi connectivity index (χ4v) is 2.58. The average Bonchev–Trinajstić information content (AvgIpc) is 2.36. The van der Waals surface area contributed by atoms with Gasteiger partial charge in [0.1, 0.15) is 12.1 Å². The Morgan fingerprint density at radius 3 is 2.95 bits per heavy atom. The van der Waals surface area contributed by atoms with E-state index >= 15 is 0 Å². The van der Waals surface area contributed by atoms with Crippen molar-refractivity contribution in [2.45, 2.75) is 12.5 Å².